The molecule has 0 bridgehead atoms. The minimum absolute atomic E-state index is 0.0341. The fourth-order valence-electron chi connectivity index (χ4n) is 1.89. The van der Waals surface area contributed by atoms with Crippen LogP contribution >= 0.6 is 0 Å². The monoisotopic (exact) mass is 225 g/mol. The molecular weight excluding hydrogens is 208 g/mol. The molecule has 1 aliphatic rings. The van der Waals surface area contributed by atoms with Gasteiger partial charge in [0.1, 0.15) is 5.54 Å². The standard InChI is InChI=1S/C13H17F2N/c1-11(2,3)9-4-6-10(7-5-9)12(16)8-13(12,14)15/h4-7H,8,16H2,1-3H3. The van der Waals surface area contributed by atoms with E-state index in [-0.39, 0.29) is 11.8 Å². The van der Waals surface area contributed by atoms with Gasteiger partial charge in [0.25, 0.3) is 5.92 Å². The van der Waals surface area contributed by atoms with Gasteiger partial charge in [0.2, 0.25) is 0 Å². The molecule has 0 aromatic heterocycles. The Morgan fingerprint density at radius 2 is 1.56 bits per heavy atom. The summed E-state index contributed by atoms with van der Waals surface area (Å²) in [6.07, 6.45) is -0.241. The van der Waals surface area contributed by atoms with Crippen molar-refractivity contribution in [3.8, 4) is 0 Å². The molecule has 0 aliphatic heterocycles. The molecule has 2 N–H and O–H groups in total. The summed E-state index contributed by atoms with van der Waals surface area (Å²) < 4.78 is 26.2. The highest BCUT2D eigenvalue weighted by atomic mass is 19.3. The Morgan fingerprint density at radius 1 is 1.12 bits per heavy atom. The average molecular weight is 225 g/mol. The van der Waals surface area contributed by atoms with Crippen LogP contribution < -0.4 is 5.73 Å². The largest absolute Gasteiger partial charge is 0.316 e. The van der Waals surface area contributed by atoms with E-state index < -0.39 is 11.5 Å². The SMILES string of the molecule is CC(C)(C)c1ccc(C2(N)CC2(F)F)cc1. The fraction of sp³-hybridized carbons (Fsp3) is 0.538. The molecule has 1 unspecified atom stereocenters. The Balaban J connectivity index is 2.28. The van der Waals surface area contributed by atoms with E-state index in [0.29, 0.717) is 5.56 Å². The summed E-state index contributed by atoms with van der Waals surface area (Å²) in [5.41, 5.74) is 5.92. The summed E-state index contributed by atoms with van der Waals surface area (Å²) in [5, 5.41) is 0. The number of benzene rings is 1. The third kappa shape index (κ3) is 1.63. The van der Waals surface area contributed by atoms with Gasteiger partial charge in [-0.2, -0.15) is 0 Å². The lowest BCUT2D eigenvalue weighted by atomic mass is 9.86. The maximum absolute atomic E-state index is 13.1. The third-order valence-corrected chi connectivity index (χ3v) is 3.29. The van der Waals surface area contributed by atoms with Gasteiger partial charge in [-0.15, -0.1) is 0 Å². The first-order valence-corrected chi connectivity index (χ1v) is 5.45. The second-order valence-corrected chi connectivity index (χ2v) is 5.68. The molecule has 1 atom stereocenters. The molecule has 1 aromatic carbocycles. The van der Waals surface area contributed by atoms with Gasteiger partial charge >= 0.3 is 0 Å². The summed E-state index contributed by atoms with van der Waals surface area (Å²) in [7, 11) is 0. The van der Waals surface area contributed by atoms with Crippen LogP contribution in [0.1, 0.15) is 38.3 Å². The fourth-order valence-corrected chi connectivity index (χ4v) is 1.89. The number of hydrogen-bond acceptors (Lipinski definition) is 1. The lowest BCUT2D eigenvalue weighted by molar-refractivity contribution is 0.0891. The number of rotatable bonds is 1. The summed E-state index contributed by atoms with van der Waals surface area (Å²) in [5.74, 6) is -2.74. The summed E-state index contributed by atoms with van der Waals surface area (Å²) >= 11 is 0. The first-order chi connectivity index (χ1) is 7.17. The Morgan fingerprint density at radius 3 is 1.88 bits per heavy atom. The molecule has 0 radical (unpaired) electrons. The molecule has 2 rings (SSSR count). The van der Waals surface area contributed by atoms with Gasteiger partial charge in [0.15, 0.2) is 0 Å². The predicted octanol–water partition coefficient (Wildman–Crippen LogP) is 3.18. The van der Waals surface area contributed by atoms with Gasteiger partial charge in [-0.3, -0.25) is 0 Å². The average Bonchev–Trinajstić information content (AvgIpc) is 2.66. The van der Waals surface area contributed by atoms with Crippen molar-refractivity contribution in [3.05, 3.63) is 35.4 Å². The van der Waals surface area contributed by atoms with Crippen LogP contribution in [0, 0.1) is 0 Å². The molecule has 3 heteroatoms. The van der Waals surface area contributed by atoms with Crippen LogP contribution in [-0.2, 0) is 11.0 Å². The number of hydrogen-bond donors (Lipinski definition) is 1. The molecule has 1 aromatic rings. The molecule has 1 fully saturated rings. The van der Waals surface area contributed by atoms with Crippen LogP contribution in [0.4, 0.5) is 8.78 Å². The van der Waals surface area contributed by atoms with Gasteiger partial charge in [-0.25, -0.2) is 8.78 Å². The molecule has 0 amide bonds. The van der Waals surface area contributed by atoms with Crippen molar-refractivity contribution in [2.24, 2.45) is 5.73 Å². The second-order valence-electron chi connectivity index (χ2n) is 5.68. The molecule has 0 saturated heterocycles. The van der Waals surface area contributed by atoms with Crippen molar-refractivity contribution in [3.63, 3.8) is 0 Å². The van der Waals surface area contributed by atoms with Crippen LogP contribution in [-0.4, -0.2) is 5.92 Å². The van der Waals surface area contributed by atoms with Gasteiger partial charge in [-0.05, 0) is 16.5 Å². The van der Waals surface area contributed by atoms with Crippen LogP contribution in [0.2, 0.25) is 0 Å². The molecule has 88 valence electrons. The topological polar surface area (TPSA) is 26.0 Å². The highest BCUT2D eigenvalue weighted by Crippen LogP contribution is 2.57. The predicted molar refractivity (Wildman–Crippen MR) is 60.6 cm³/mol. The zero-order valence-electron chi connectivity index (χ0n) is 9.85. The molecule has 1 nitrogen and oxygen atoms in total. The Bertz CT molecular complexity index is 403. The van der Waals surface area contributed by atoms with Crippen LogP contribution in [0.5, 0.6) is 0 Å². The number of nitrogens with two attached hydrogens (primary N) is 1. The molecule has 0 spiro atoms. The van der Waals surface area contributed by atoms with Crippen molar-refractivity contribution in [2.75, 3.05) is 0 Å². The summed E-state index contributed by atoms with van der Waals surface area (Å²) in [4.78, 5) is 0. The zero-order chi connectivity index (χ0) is 12.2. The minimum Gasteiger partial charge on any atom is -0.316 e. The lowest BCUT2D eigenvalue weighted by Gasteiger charge is -2.20. The summed E-state index contributed by atoms with van der Waals surface area (Å²) in [6, 6.07) is 7.22. The van der Waals surface area contributed by atoms with Crippen molar-refractivity contribution < 1.29 is 8.78 Å². The second kappa shape index (κ2) is 3.04. The highest BCUT2D eigenvalue weighted by Gasteiger charge is 2.69. The summed E-state index contributed by atoms with van der Waals surface area (Å²) in [6.45, 7) is 6.27. The van der Waals surface area contributed by atoms with Gasteiger partial charge < -0.3 is 5.73 Å². The lowest BCUT2D eigenvalue weighted by Crippen LogP contribution is -2.27. The Hall–Kier alpha value is -0.960. The first-order valence-electron chi connectivity index (χ1n) is 5.45. The van der Waals surface area contributed by atoms with Crippen LogP contribution in [0.25, 0.3) is 0 Å². The smallest absolute Gasteiger partial charge is 0.272 e. The van der Waals surface area contributed by atoms with E-state index in [9.17, 15) is 8.78 Å². The molecule has 1 saturated carbocycles. The molecule has 1 aliphatic carbocycles. The first kappa shape index (κ1) is 11.5. The van der Waals surface area contributed by atoms with E-state index in [0.717, 1.165) is 5.56 Å². The van der Waals surface area contributed by atoms with E-state index in [1.165, 1.54) is 0 Å². The Labute approximate surface area is 94.7 Å². The van der Waals surface area contributed by atoms with Crippen molar-refractivity contribution in [1.29, 1.82) is 0 Å². The maximum atomic E-state index is 13.1. The van der Waals surface area contributed by atoms with E-state index in [1.54, 1.807) is 12.1 Å². The van der Waals surface area contributed by atoms with E-state index in [1.807, 2.05) is 12.1 Å². The van der Waals surface area contributed by atoms with Crippen molar-refractivity contribution >= 4 is 0 Å². The van der Waals surface area contributed by atoms with Gasteiger partial charge in [-0.1, -0.05) is 45.0 Å². The van der Waals surface area contributed by atoms with Gasteiger partial charge in [0, 0.05) is 6.42 Å². The van der Waals surface area contributed by atoms with Crippen molar-refractivity contribution in [1.82, 2.24) is 0 Å². The van der Waals surface area contributed by atoms with Gasteiger partial charge in [0.05, 0.1) is 0 Å². The zero-order valence-corrected chi connectivity index (χ0v) is 9.85. The van der Waals surface area contributed by atoms with E-state index in [4.69, 9.17) is 5.73 Å². The van der Waals surface area contributed by atoms with Crippen molar-refractivity contribution in [2.45, 2.75) is 44.1 Å². The minimum atomic E-state index is -2.74. The van der Waals surface area contributed by atoms with E-state index in [2.05, 4.69) is 20.8 Å². The highest BCUT2D eigenvalue weighted by molar-refractivity contribution is 5.38. The Kier molecular flexibility index (Phi) is 2.19. The van der Waals surface area contributed by atoms with Crippen LogP contribution in [0.15, 0.2) is 24.3 Å². The van der Waals surface area contributed by atoms with Crippen LogP contribution in [0.3, 0.4) is 0 Å². The normalized spacial score (nSPS) is 27.9. The quantitative estimate of drug-likeness (QED) is 0.780. The molecule has 0 heterocycles. The number of halogens is 2. The molecule has 16 heavy (non-hydrogen) atoms. The third-order valence-electron chi connectivity index (χ3n) is 3.29. The maximum Gasteiger partial charge on any atom is 0.272 e. The number of alkyl halides is 2. The van der Waals surface area contributed by atoms with E-state index >= 15 is 0 Å². The molecular formula is C13H17F2N.